The van der Waals surface area contributed by atoms with E-state index in [1.807, 2.05) is 46.8 Å². The van der Waals surface area contributed by atoms with Crippen molar-refractivity contribution in [2.24, 2.45) is 0 Å². The molecule has 1 fully saturated rings. The lowest BCUT2D eigenvalue weighted by Crippen LogP contribution is -2.26. The summed E-state index contributed by atoms with van der Waals surface area (Å²) >= 11 is 0. The van der Waals surface area contributed by atoms with Gasteiger partial charge < -0.3 is 5.32 Å². The fourth-order valence-corrected chi connectivity index (χ4v) is 1.13. The average Bonchev–Trinajstić information content (AvgIpc) is 3.11. The van der Waals surface area contributed by atoms with Gasteiger partial charge in [0.05, 0.1) is 0 Å². The maximum absolute atomic E-state index is 11.7. The average molecular weight is 235 g/mol. The molecule has 0 aromatic rings. The van der Waals surface area contributed by atoms with Crippen LogP contribution in [0, 0.1) is 0 Å². The minimum Gasteiger partial charge on any atom is -0.349 e. The number of hydrogen-bond acceptors (Lipinski definition) is 1. The van der Waals surface area contributed by atoms with Crippen molar-refractivity contribution >= 4 is 5.91 Å². The topological polar surface area (TPSA) is 29.1 Å². The van der Waals surface area contributed by atoms with Crippen molar-refractivity contribution in [3.05, 3.63) is 35.5 Å². The molecule has 2 heteroatoms. The Morgan fingerprint density at radius 2 is 1.82 bits per heavy atom. The number of rotatable bonds is 4. The van der Waals surface area contributed by atoms with Crippen LogP contribution in [0.15, 0.2) is 35.5 Å². The second kappa shape index (κ2) is 7.88. The lowest BCUT2D eigenvalue weighted by molar-refractivity contribution is -0.117. The lowest BCUT2D eigenvalue weighted by atomic mass is 10.1. The molecule has 0 aromatic carbocycles. The molecule has 0 aromatic heterocycles. The molecule has 1 rings (SSSR count). The number of nitrogens with one attached hydrogen (secondary N) is 1. The van der Waals surface area contributed by atoms with E-state index in [1.54, 1.807) is 0 Å². The normalized spacial score (nSPS) is 15.8. The van der Waals surface area contributed by atoms with Crippen molar-refractivity contribution in [2.45, 2.75) is 53.5 Å². The van der Waals surface area contributed by atoms with E-state index in [0.29, 0.717) is 6.04 Å². The molecule has 0 radical (unpaired) electrons. The van der Waals surface area contributed by atoms with Crippen LogP contribution in [0.1, 0.15) is 47.5 Å². The smallest absolute Gasteiger partial charge is 0.251 e. The van der Waals surface area contributed by atoms with Crippen LogP contribution in [-0.2, 0) is 4.79 Å². The van der Waals surface area contributed by atoms with Gasteiger partial charge in [-0.1, -0.05) is 32.1 Å². The highest BCUT2D eigenvalue weighted by Gasteiger charge is 2.23. The third-order valence-corrected chi connectivity index (χ3v) is 2.53. The van der Waals surface area contributed by atoms with E-state index in [0.717, 1.165) is 29.6 Å². The predicted molar refractivity (Wildman–Crippen MR) is 74.8 cm³/mol. The second-order valence-electron chi connectivity index (χ2n) is 4.10. The van der Waals surface area contributed by atoms with Gasteiger partial charge in [-0.05, 0) is 45.3 Å². The molecule has 1 N–H and O–H groups in total. The zero-order valence-electron chi connectivity index (χ0n) is 11.8. The number of allylic oxidation sites excluding steroid dienone is 3. The monoisotopic (exact) mass is 235 g/mol. The van der Waals surface area contributed by atoms with Crippen molar-refractivity contribution in [1.82, 2.24) is 5.32 Å². The van der Waals surface area contributed by atoms with E-state index in [4.69, 9.17) is 0 Å². The van der Waals surface area contributed by atoms with Gasteiger partial charge in [-0.3, -0.25) is 4.79 Å². The van der Waals surface area contributed by atoms with E-state index in [1.165, 1.54) is 0 Å². The van der Waals surface area contributed by atoms with Crippen molar-refractivity contribution in [3.63, 3.8) is 0 Å². The van der Waals surface area contributed by atoms with Crippen molar-refractivity contribution in [2.75, 3.05) is 0 Å². The Morgan fingerprint density at radius 3 is 2.18 bits per heavy atom. The molecule has 0 spiro atoms. The van der Waals surface area contributed by atoms with Crippen LogP contribution in [0.3, 0.4) is 0 Å². The predicted octanol–water partition coefficient (Wildman–Crippen LogP) is 3.76. The standard InChI is InChI=1S/C13H19NO.C2H6/c1-5-11(8-10(4)9(2)3)13(15)14-12-6-7-12;1-2/h5,8,12H,2,6-7H2,1,3-4H3,(H,14,15);1-2H3/b10-8-,11-5+;. The quantitative estimate of drug-likeness (QED) is 0.583. The Bertz CT molecular complexity index is 333. The first-order valence-electron chi connectivity index (χ1n) is 6.36. The van der Waals surface area contributed by atoms with Crippen LogP contribution in [0.4, 0.5) is 0 Å². The van der Waals surface area contributed by atoms with Gasteiger partial charge in [0.15, 0.2) is 0 Å². The van der Waals surface area contributed by atoms with Gasteiger partial charge in [0.2, 0.25) is 0 Å². The summed E-state index contributed by atoms with van der Waals surface area (Å²) in [5.41, 5.74) is 2.77. The van der Waals surface area contributed by atoms with E-state index in [9.17, 15) is 4.79 Å². The molecule has 1 aliphatic rings. The van der Waals surface area contributed by atoms with Gasteiger partial charge >= 0.3 is 0 Å². The third-order valence-electron chi connectivity index (χ3n) is 2.53. The zero-order chi connectivity index (χ0) is 13.4. The van der Waals surface area contributed by atoms with Gasteiger partial charge in [-0.25, -0.2) is 0 Å². The fraction of sp³-hybridized carbons (Fsp3) is 0.533. The van der Waals surface area contributed by atoms with Gasteiger partial charge in [-0.15, -0.1) is 0 Å². The minimum absolute atomic E-state index is 0.0283. The molecule has 0 bridgehead atoms. The number of hydrogen-bond donors (Lipinski definition) is 1. The molecule has 0 unspecified atom stereocenters. The van der Waals surface area contributed by atoms with Crippen LogP contribution in [0.5, 0.6) is 0 Å². The zero-order valence-corrected chi connectivity index (χ0v) is 11.8. The molecule has 1 aliphatic carbocycles. The number of amides is 1. The SMILES string of the molecule is C=C(C)/C(C)=C\C(=C/C)C(=O)NC1CC1.CC. The van der Waals surface area contributed by atoms with Crippen molar-refractivity contribution < 1.29 is 4.79 Å². The van der Waals surface area contributed by atoms with Gasteiger partial charge in [0.1, 0.15) is 0 Å². The highest BCUT2D eigenvalue weighted by atomic mass is 16.1. The first-order valence-corrected chi connectivity index (χ1v) is 6.36. The first-order chi connectivity index (χ1) is 8.04. The van der Waals surface area contributed by atoms with E-state index in [-0.39, 0.29) is 5.91 Å². The summed E-state index contributed by atoms with van der Waals surface area (Å²) in [6.07, 6.45) is 5.96. The summed E-state index contributed by atoms with van der Waals surface area (Å²) in [7, 11) is 0. The summed E-state index contributed by atoms with van der Waals surface area (Å²) in [5.74, 6) is 0.0283. The Morgan fingerprint density at radius 1 is 1.29 bits per heavy atom. The highest BCUT2D eigenvalue weighted by Crippen LogP contribution is 2.19. The largest absolute Gasteiger partial charge is 0.349 e. The van der Waals surface area contributed by atoms with Gasteiger partial charge in [0, 0.05) is 11.6 Å². The highest BCUT2D eigenvalue weighted by molar-refractivity contribution is 5.96. The number of carbonyl (C=O) groups is 1. The first kappa shape index (κ1) is 15.7. The molecule has 17 heavy (non-hydrogen) atoms. The van der Waals surface area contributed by atoms with Gasteiger partial charge in [0.25, 0.3) is 5.91 Å². The maximum atomic E-state index is 11.7. The Hall–Kier alpha value is -1.31. The Balaban J connectivity index is 0.00000121. The molecule has 0 aliphatic heterocycles. The van der Waals surface area contributed by atoms with E-state index < -0.39 is 0 Å². The summed E-state index contributed by atoms with van der Waals surface area (Å²) < 4.78 is 0. The molecular weight excluding hydrogens is 210 g/mol. The summed E-state index contributed by atoms with van der Waals surface area (Å²) in [6.45, 7) is 13.6. The fourth-order valence-electron chi connectivity index (χ4n) is 1.13. The molecule has 0 heterocycles. The second-order valence-corrected chi connectivity index (χ2v) is 4.10. The Labute approximate surface area is 105 Å². The lowest BCUT2D eigenvalue weighted by Gasteiger charge is -2.05. The number of carbonyl (C=O) groups excluding carboxylic acids is 1. The summed E-state index contributed by atoms with van der Waals surface area (Å²) in [5, 5.41) is 2.97. The van der Waals surface area contributed by atoms with Gasteiger partial charge in [-0.2, -0.15) is 0 Å². The van der Waals surface area contributed by atoms with Crippen LogP contribution in [0.2, 0.25) is 0 Å². The summed E-state index contributed by atoms with van der Waals surface area (Å²) in [6, 6.07) is 0.408. The third kappa shape index (κ3) is 6.10. The molecule has 0 atom stereocenters. The Kier molecular flexibility index (Phi) is 7.27. The van der Waals surface area contributed by atoms with E-state index in [2.05, 4.69) is 11.9 Å². The summed E-state index contributed by atoms with van der Waals surface area (Å²) in [4.78, 5) is 11.7. The molecule has 96 valence electrons. The molecule has 1 amide bonds. The molecule has 2 nitrogen and oxygen atoms in total. The maximum Gasteiger partial charge on any atom is 0.251 e. The van der Waals surface area contributed by atoms with E-state index >= 15 is 0 Å². The van der Waals surface area contributed by atoms with Crippen LogP contribution < -0.4 is 5.32 Å². The van der Waals surface area contributed by atoms with Crippen LogP contribution in [0.25, 0.3) is 0 Å². The van der Waals surface area contributed by atoms with Crippen molar-refractivity contribution in [1.29, 1.82) is 0 Å². The minimum atomic E-state index is 0.0283. The van der Waals surface area contributed by atoms with Crippen LogP contribution in [-0.4, -0.2) is 11.9 Å². The molecule has 1 saturated carbocycles. The molecular formula is C15H25NO. The van der Waals surface area contributed by atoms with Crippen LogP contribution >= 0.6 is 0 Å². The molecule has 0 saturated heterocycles. The van der Waals surface area contributed by atoms with Crippen molar-refractivity contribution in [3.8, 4) is 0 Å².